The summed E-state index contributed by atoms with van der Waals surface area (Å²) in [6.45, 7) is 4.69. The average Bonchev–Trinajstić information content (AvgIpc) is 3.48. The average molecular weight is 473 g/mol. The lowest BCUT2D eigenvalue weighted by Gasteiger charge is -2.37. The summed E-state index contributed by atoms with van der Waals surface area (Å²) in [6, 6.07) is 11.2. The van der Waals surface area contributed by atoms with Gasteiger partial charge in [-0.3, -0.25) is 9.59 Å². The van der Waals surface area contributed by atoms with Crippen molar-refractivity contribution in [3.63, 3.8) is 0 Å². The molecule has 2 amide bonds. The molecular formula is C24H25FN2O3S2. The molecule has 0 N–H and O–H groups in total. The number of halogens is 1. The van der Waals surface area contributed by atoms with Crippen LogP contribution in [0.5, 0.6) is 5.75 Å². The first-order valence-corrected chi connectivity index (χ1v) is 12.3. The Morgan fingerprint density at radius 1 is 1.16 bits per heavy atom. The number of thiophene rings is 2. The van der Waals surface area contributed by atoms with Crippen LogP contribution < -0.4 is 4.74 Å². The van der Waals surface area contributed by atoms with Crippen LogP contribution in [0.25, 0.3) is 0 Å². The van der Waals surface area contributed by atoms with E-state index in [1.165, 1.54) is 28.3 Å². The van der Waals surface area contributed by atoms with Gasteiger partial charge in [-0.15, -0.1) is 22.7 Å². The highest BCUT2D eigenvalue weighted by Gasteiger charge is 2.34. The molecule has 168 valence electrons. The maximum Gasteiger partial charge on any atom is 0.264 e. The summed E-state index contributed by atoms with van der Waals surface area (Å²) >= 11 is 3.06. The minimum atomic E-state index is -0.323. The van der Waals surface area contributed by atoms with Crippen molar-refractivity contribution in [1.29, 1.82) is 0 Å². The van der Waals surface area contributed by atoms with Crippen molar-refractivity contribution >= 4 is 34.5 Å². The van der Waals surface area contributed by atoms with Gasteiger partial charge < -0.3 is 14.5 Å². The Balaban J connectivity index is 1.52. The minimum Gasteiger partial charge on any atom is -0.491 e. The smallest absolute Gasteiger partial charge is 0.264 e. The molecule has 1 aliphatic heterocycles. The maximum atomic E-state index is 13.4. The van der Waals surface area contributed by atoms with Crippen molar-refractivity contribution < 1.29 is 18.7 Å². The lowest BCUT2D eigenvalue weighted by atomic mass is 10.0. The minimum absolute atomic E-state index is 0.0148. The third kappa shape index (κ3) is 4.86. The molecule has 4 rings (SSSR count). The number of rotatable bonds is 7. The maximum absolute atomic E-state index is 13.4. The molecule has 0 aliphatic carbocycles. The first-order chi connectivity index (χ1) is 15.4. The zero-order valence-electron chi connectivity index (χ0n) is 18.0. The number of hydrogen-bond donors (Lipinski definition) is 0. The van der Waals surface area contributed by atoms with Crippen molar-refractivity contribution in [3.8, 4) is 5.75 Å². The largest absolute Gasteiger partial charge is 0.491 e. The van der Waals surface area contributed by atoms with Crippen molar-refractivity contribution in [3.05, 3.63) is 74.4 Å². The first kappa shape index (κ1) is 22.5. The van der Waals surface area contributed by atoms with Crippen molar-refractivity contribution in [1.82, 2.24) is 9.80 Å². The standard InChI is InChI=1S/C24H25FN2O3S2/c1-16(2)27(24(29)22-4-3-12-31-22)14-23(28)26-11-9-21-19(10-13-32-21)20(26)15-30-18-7-5-17(25)6-8-18/h3-8,10,12-13,16,20H,9,11,14-15H2,1-2H3. The van der Waals surface area contributed by atoms with Crippen LogP contribution in [0.2, 0.25) is 0 Å². The molecule has 1 unspecified atom stereocenters. The number of ether oxygens (including phenoxy) is 1. The molecule has 3 aromatic rings. The second-order valence-corrected chi connectivity index (χ2v) is 9.87. The topological polar surface area (TPSA) is 49.9 Å². The van der Waals surface area contributed by atoms with Crippen LogP contribution in [0.1, 0.15) is 40.0 Å². The molecule has 1 atom stereocenters. The summed E-state index contributed by atoms with van der Waals surface area (Å²) < 4.78 is 19.2. The van der Waals surface area contributed by atoms with Gasteiger partial charge in [-0.25, -0.2) is 4.39 Å². The normalized spacial score (nSPS) is 15.5. The molecule has 0 fully saturated rings. The molecule has 5 nitrogen and oxygen atoms in total. The highest BCUT2D eigenvalue weighted by Crippen LogP contribution is 2.34. The quantitative estimate of drug-likeness (QED) is 0.486. The molecule has 2 aromatic heterocycles. The molecule has 0 saturated carbocycles. The van der Waals surface area contributed by atoms with Crippen LogP contribution in [0.15, 0.2) is 53.2 Å². The van der Waals surface area contributed by atoms with E-state index >= 15 is 0 Å². The molecule has 0 radical (unpaired) electrons. The Morgan fingerprint density at radius 2 is 1.94 bits per heavy atom. The highest BCUT2D eigenvalue weighted by atomic mass is 32.1. The van der Waals surface area contributed by atoms with E-state index < -0.39 is 0 Å². The number of fused-ring (bicyclic) bond motifs is 1. The zero-order valence-corrected chi connectivity index (χ0v) is 19.6. The SMILES string of the molecule is CC(C)N(CC(=O)N1CCc2sccc2C1COc1ccc(F)cc1)C(=O)c1cccs1. The number of carbonyl (C=O) groups excluding carboxylic acids is 2. The summed E-state index contributed by atoms with van der Waals surface area (Å²) in [7, 11) is 0. The lowest BCUT2D eigenvalue weighted by Crippen LogP contribution is -2.49. The molecular weight excluding hydrogens is 447 g/mol. The van der Waals surface area contributed by atoms with E-state index in [-0.39, 0.29) is 42.9 Å². The van der Waals surface area contributed by atoms with Gasteiger partial charge in [-0.2, -0.15) is 0 Å². The predicted molar refractivity (Wildman–Crippen MR) is 125 cm³/mol. The van der Waals surface area contributed by atoms with Gasteiger partial charge in [0.05, 0.1) is 10.9 Å². The molecule has 1 aromatic carbocycles. The fraction of sp³-hybridized carbons (Fsp3) is 0.333. The fourth-order valence-electron chi connectivity index (χ4n) is 3.85. The summed E-state index contributed by atoms with van der Waals surface area (Å²) in [5.74, 6) is -0.00202. The number of nitrogens with zero attached hydrogens (tertiary/aromatic N) is 2. The van der Waals surface area contributed by atoms with Crippen LogP contribution in [-0.4, -0.2) is 47.4 Å². The third-order valence-corrected chi connectivity index (χ3v) is 7.41. The van der Waals surface area contributed by atoms with Crippen LogP contribution in [0, 0.1) is 5.82 Å². The van der Waals surface area contributed by atoms with Crippen LogP contribution in [0.3, 0.4) is 0 Å². The van der Waals surface area contributed by atoms with E-state index in [1.807, 2.05) is 41.6 Å². The Bertz CT molecular complexity index is 1060. The van der Waals surface area contributed by atoms with Crippen LogP contribution >= 0.6 is 22.7 Å². The number of hydrogen-bond acceptors (Lipinski definition) is 5. The monoisotopic (exact) mass is 472 g/mol. The van der Waals surface area contributed by atoms with Gasteiger partial charge in [-0.05, 0) is 73.0 Å². The van der Waals surface area contributed by atoms with E-state index in [2.05, 4.69) is 0 Å². The second kappa shape index (κ2) is 9.83. The Kier molecular flexibility index (Phi) is 6.91. The van der Waals surface area contributed by atoms with Crippen molar-refractivity contribution in [2.75, 3.05) is 19.7 Å². The predicted octanol–water partition coefficient (Wildman–Crippen LogP) is 5.00. The van der Waals surface area contributed by atoms with Gasteiger partial charge >= 0.3 is 0 Å². The van der Waals surface area contributed by atoms with Gasteiger partial charge in [-0.1, -0.05) is 6.07 Å². The summed E-state index contributed by atoms with van der Waals surface area (Å²) in [5, 5.41) is 3.89. The van der Waals surface area contributed by atoms with E-state index in [1.54, 1.807) is 34.4 Å². The third-order valence-electron chi connectivity index (χ3n) is 5.56. The van der Waals surface area contributed by atoms with Gasteiger partial charge in [0.15, 0.2) is 0 Å². The Labute approximate surface area is 195 Å². The molecule has 0 bridgehead atoms. The van der Waals surface area contributed by atoms with Gasteiger partial charge in [0.25, 0.3) is 5.91 Å². The fourth-order valence-corrected chi connectivity index (χ4v) is 5.45. The van der Waals surface area contributed by atoms with Crippen molar-refractivity contribution in [2.45, 2.75) is 32.4 Å². The number of carbonyl (C=O) groups is 2. The van der Waals surface area contributed by atoms with E-state index in [9.17, 15) is 14.0 Å². The summed E-state index contributed by atoms with van der Waals surface area (Å²) in [4.78, 5) is 31.7. The zero-order chi connectivity index (χ0) is 22.7. The Morgan fingerprint density at radius 3 is 2.62 bits per heavy atom. The molecule has 0 spiro atoms. The van der Waals surface area contributed by atoms with Gasteiger partial charge in [0.2, 0.25) is 5.91 Å². The van der Waals surface area contributed by atoms with E-state index in [0.29, 0.717) is 17.2 Å². The number of benzene rings is 1. The van der Waals surface area contributed by atoms with Gasteiger partial charge in [0, 0.05) is 17.5 Å². The highest BCUT2D eigenvalue weighted by molar-refractivity contribution is 7.12. The molecule has 1 aliphatic rings. The second-order valence-electron chi connectivity index (χ2n) is 7.92. The van der Waals surface area contributed by atoms with Crippen LogP contribution in [0.4, 0.5) is 4.39 Å². The first-order valence-electron chi connectivity index (χ1n) is 10.5. The summed E-state index contributed by atoms with van der Waals surface area (Å²) in [6.07, 6.45) is 0.784. The number of amides is 2. The summed E-state index contributed by atoms with van der Waals surface area (Å²) in [5.41, 5.74) is 1.08. The molecule has 32 heavy (non-hydrogen) atoms. The Hall–Kier alpha value is -2.71. The van der Waals surface area contributed by atoms with E-state index in [4.69, 9.17) is 4.74 Å². The molecule has 0 saturated heterocycles. The lowest BCUT2D eigenvalue weighted by molar-refractivity contribution is -0.136. The molecule has 3 heterocycles. The van der Waals surface area contributed by atoms with Gasteiger partial charge in [0.1, 0.15) is 24.7 Å². The molecule has 8 heteroatoms. The van der Waals surface area contributed by atoms with E-state index in [0.717, 1.165) is 12.0 Å². The van der Waals surface area contributed by atoms with Crippen molar-refractivity contribution in [2.24, 2.45) is 0 Å². The van der Waals surface area contributed by atoms with Crippen LogP contribution in [-0.2, 0) is 11.2 Å².